The molecule has 2 aromatic rings. The maximum absolute atomic E-state index is 10.1. The van der Waals surface area contributed by atoms with Gasteiger partial charge in [0.1, 0.15) is 12.4 Å². The summed E-state index contributed by atoms with van der Waals surface area (Å²) in [6.45, 7) is 4.44. The first-order chi connectivity index (χ1) is 10.1. The Morgan fingerprint density at radius 3 is 2.67 bits per heavy atom. The van der Waals surface area contributed by atoms with Gasteiger partial charge in [-0.3, -0.25) is 4.68 Å². The second kappa shape index (κ2) is 7.09. The zero-order chi connectivity index (χ0) is 15.4. The van der Waals surface area contributed by atoms with Crippen LogP contribution in [0.25, 0.3) is 0 Å². The third-order valence-corrected chi connectivity index (χ3v) is 4.45. The topological polar surface area (TPSA) is 47.3 Å². The Balaban J connectivity index is 2.19. The second-order valence-electron chi connectivity index (χ2n) is 4.94. The predicted molar refractivity (Wildman–Crippen MR) is 86.3 cm³/mol. The highest BCUT2D eigenvalue weighted by Crippen LogP contribution is 2.29. The molecule has 1 aromatic carbocycles. The summed E-state index contributed by atoms with van der Waals surface area (Å²) in [5, 5.41) is 14.5. The molecular weight excluding hydrogens is 332 g/mol. The zero-order valence-corrected chi connectivity index (χ0v) is 14.2. The molecule has 0 amide bonds. The molecule has 0 saturated carbocycles. The van der Waals surface area contributed by atoms with Crippen molar-refractivity contribution in [2.24, 2.45) is 7.05 Å². The average Bonchev–Trinajstić information content (AvgIpc) is 2.79. The van der Waals surface area contributed by atoms with Crippen LogP contribution >= 0.6 is 15.9 Å². The van der Waals surface area contributed by atoms with Crippen molar-refractivity contribution in [3.8, 4) is 5.75 Å². The monoisotopic (exact) mass is 352 g/mol. The third kappa shape index (κ3) is 3.47. The third-order valence-electron chi connectivity index (χ3n) is 3.53. The molecule has 0 fully saturated rings. The lowest BCUT2D eigenvalue weighted by atomic mass is 10.1. The smallest absolute Gasteiger partial charge is 0.131 e. The molecule has 114 valence electrons. The lowest BCUT2D eigenvalue weighted by molar-refractivity contribution is 0.166. The van der Waals surface area contributed by atoms with Gasteiger partial charge in [0.2, 0.25) is 0 Å². The minimum absolute atomic E-state index is 0.414. The molecule has 5 heteroatoms. The van der Waals surface area contributed by atoms with Gasteiger partial charge in [-0.05, 0) is 34.8 Å². The summed E-state index contributed by atoms with van der Waals surface area (Å²) in [6, 6.07) is 7.62. The number of rotatable bonds is 6. The number of aliphatic hydroxyl groups is 1. The highest BCUT2D eigenvalue weighted by molar-refractivity contribution is 9.10. The second-order valence-corrected chi connectivity index (χ2v) is 5.73. The van der Waals surface area contributed by atoms with E-state index in [2.05, 4.69) is 28.0 Å². The summed E-state index contributed by atoms with van der Waals surface area (Å²) in [5.74, 6) is 0.720. The molecule has 0 radical (unpaired) electrons. The van der Waals surface area contributed by atoms with E-state index in [4.69, 9.17) is 4.74 Å². The first kappa shape index (κ1) is 16.0. The minimum Gasteiger partial charge on any atom is -0.487 e. The van der Waals surface area contributed by atoms with Gasteiger partial charge in [-0.15, -0.1) is 0 Å². The normalized spacial score (nSPS) is 12.4. The summed E-state index contributed by atoms with van der Waals surface area (Å²) in [5.41, 5.74) is 2.85. The first-order valence-corrected chi connectivity index (χ1v) is 7.97. The van der Waals surface area contributed by atoms with Crippen molar-refractivity contribution in [1.29, 1.82) is 0 Å². The minimum atomic E-state index is -0.498. The molecule has 0 bridgehead atoms. The number of ether oxygens (including phenoxy) is 1. The van der Waals surface area contributed by atoms with E-state index in [9.17, 15) is 5.11 Å². The predicted octanol–water partition coefficient (Wildman–Crippen LogP) is 3.77. The largest absolute Gasteiger partial charge is 0.487 e. The molecule has 0 aliphatic heterocycles. The summed E-state index contributed by atoms with van der Waals surface area (Å²) in [7, 11) is 1.91. The molecule has 1 heterocycles. The van der Waals surface area contributed by atoms with Gasteiger partial charge in [-0.25, -0.2) is 0 Å². The zero-order valence-electron chi connectivity index (χ0n) is 12.6. The number of aliphatic hydroxyl groups excluding tert-OH is 1. The standard InChI is InChI=1S/C16H21BrN2O2/c1-4-12-16(17)13(19(3)18-12)10-21-15-9-7-6-8-11(15)14(20)5-2/h6-9,14,20H,4-5,10H2,1-3H3/t14-/m1/s1. The Morgan fingerprint density at radius 2 is 2.05 bits per heavy atom. The number of halogens is 1. The first-order valence-electron chi connectivity index (χ1n) is 7.18. The highest BCUT2D eigenvalue weighted by atomic mass is 79.9. The SMILES string of the molecule is CCc1nn(C)c(COc2ccccc2[C@H](O)CC)c1Br. The van der Waals surface area contributed by atoms with Crippen LogP contribution in [0.2, 0.25) is 0 Å². The van der Waals surface area contributed by atoms with E-state index in [-0.39, 0.29) is 0 Å². The van der Waals surface area contributed by atoms with Crippen molar-refractivity contribution < 1.29 is 9.84 Å². The maximum Gasteiger partial charge on any atom is 0.131 e. The Bertz CT molecular complexity index is 610. The molecule has 0 spiro atoms. The van der Waals surface area contributed by atoms with Crippen molar-refractivity contribution in [2.75, 3.05) is 0 Å². The van der Waals surface area contributed by atoms with Gasteiger partial charge in [0.05, 0.1) is 22.0 Å². The summed E-state index contributed by atoms with van der Waals surface area (Å²) >= 11 is 3.58. The van der Waals surface area contributed by atoms with Crippen LogP contribution in [0.5, 0.6) is 5.75 Å². The van der Waals surface area contributed by atoms with E-state index in [1.807, 2.05) is 42.9 Å². The van der Waals surface area contributed by atoms with E-state index < -0.39 is 6.10 Å². The molecule has 0 aliphatic rings. The number of benzene rings is 1. The molecule has 1 atom stereocenters. The van der Waals surface area contributed by atoms with Crippen LogP contribution in [0, 0.1) is 0 Å². The van der Waals surface area contributed by atoms with Crippen molar-refractivity contribution in [2.45, 2.75) is 39.4 Å². The Morgan fingerprint density at radius 1 is 1.33 bits per heavy atom. The molecule has 1 N–H and O–H groups in total. The van der Waals surface area contributed by atoms with E-state index in [1.54, 1.807) is 0 Å². The van der Waals surface area contributed by atoms with Crippen LogP contribution in [0.4, 0.5) is 0 Å². The number of aryl methyl sites for hydroxylation is 2. The number of para-hydroxylation sites is 1. The van der Waals surface area contributed by atoms with Gasteiger partial charge in [0.25, 0.3) is 0 Å². The van der Waals surface area contributed by atoms with Gasteiger partial charge in [-0.2, -0.15) is 5.10 Å². The maximum atomic E-state index is 10.1. The van der Waals surface area contributed by atoms with Gasteiger partial charge >= 0.3 is 0 Å². The number of nitrogens with zero attached hydrogens (tertiary/aromatic N) is 2. The van der Waals surface area contributed by atoms with Crippen LogP contribution < -0.4 is 4.74 Å². The number of hydrogen-bond acceptors (Lipinski definition) is 3. The van der Waals surface area contributed by atoms with Crippen molar-refractivity contribution in [3.05, 3.63) is 45.7 Å². The molecule has 1 aromatic heterocycles. The molecule has 21 heavy (non-hydrogen) atoms. The fourth-order valence-electron chi connectivity index (χ4n) is 2.23. The quantitative estimate of drug-likeness (QED) is 0.860. The van der Waals surface area contributed by atoms with E-state index in [0.29, 0.717) is 13.0 Å². The molecule has 4 nitrogen and oxygen atoms in total. The molecule has 0 aliphatic carbocycles. The van der Waals surface area contributed by atoms with Crippen LogP contribution in [-0.4, -0.2) is 14.9 Å². The average molecular weight is 353 g/mol. The fourth-order valence-corrected chi connectivity index (χ4v) is 2.96. The van der Waals surface area contributed by atoms with Crippen molar-refractivity contribution in [3.63, 3.8) is 0 Å². The van der Waals surface area contributed by atoms with Crippen LogP contribution in [0.15, 0.2) is 28.7 Å². The Kier molecular flexibility index (Phi) is 5.42. The van der Waals surface area contributed by atoms with E-state index >= 15 is 0 Å². The van der Waals surface area contributed by atoms with E-state index in [1.165, 1.54) is 0 Å². The van der Waals surface area contributed by atoms with Gasteiger partial charge < -0.3 is 9.84 Å². The lowest BCUT2D eigenvalue weighted by Crippen LogP contribution is -2.06. The summed E-state index contributed by atoms with van der Waals surface area (Å²) in [6.07, 6.45) is 1.04. The fraction of sp³-hybridized carbons (Fsp3) is 0.438. The summed E-state index contributed by atoms with van der Waals surface area (Å²) < 4.78 is 8.75. The molecule has 2 rings (SSSR count). The van der Waals surface area contributed by atoms with Crippen LogP contribution in [0.3, 0.4) is 0 Å². The lowest BCUT2D eigenvalue weighted by Gasteiger charge is -2.15. The van der Waals surface area contributed by atoms with Crippen molar-refractivity contribution >= 4 is 15.9 Å². The van der Waals surface area contributed by atoms with Gasteiger partial charge in [0.15, 0.2) is 0 Å². The number of hydrogen-bond donors (Lipinski definition) is 1. The number of aromatic nitrogens is 2. The van der Waals surface area contributed by atoms with Gasteiger partial charge in [0, 0.05) is 12.6 Å². The Labute approximate surface area is 133 Å². The van der Waals surface area contributed by atoms with E-state index in [0.717, 1.165) is 33.6 Å². The van der Waals surface area contributed by atoms with Crippen molar-refractivity contribution in [1.82, 2.24) is 9.78 Å². The molecular formula is C16H21BrN2O2. The highest BCUT2D eigenvalue weighted by Gasteiger charge is 2.15. The van der Waals surface area contributed by atoms with Gasteiger partial charge in [-0.1, -0.05) is 32.0 Å². The molecule has 0 saturated heterocycles. The Hall–Kier alpha value is -1.33. The summed E-state index contributed by atoms with van der Waals surface area (Å²) in [4.78, 5) is 0. The van der Waals surface area contributed by atoms with Crippen LogP contribution in [-0.2, 0) is 20.1 Å². The molecule has 0 unspecified atom stereocenters. The van der Waals surface area contributed by atoms with Crippen LogP contribution in [0.1, 0.15) is 43.3 Å².